The minimum absolute atomic E-state index is 0.339. The Morgan fingerprint density at radius 3 is 2.57 bits per heavy atom. The Morgan fingerprint density at radius 2 is 1.91 bits per heavy atom. The summed E-state index contributed by atoms with van der Waals surface area (Å²) in [6.45, 7) is 7.24. The third kappa shape index (κ3) is 4.33. The third-order valence-electron chi connectivity index (χ3n) is 4.27. The van der Waals surface area contributed by atoms with Crippen molar-refractivity contribution in [3.8, 4) is 0 Å². The molecule has 2 heterocycles. The van der Waals surface area contributed by atoms with Gasteiger partial charge in [-0.3, -0.25) is 14.5 Å². The molecule has 1 atom stereocenters. The van der Waals surface area contributed by atoms with Gasteiger partial charge >= 0.3 is 0 Å². The Bertz CT molecular complexity index is 611. The van der Waals surface area contributed by atoms with Crippen molar-refractivity contribution in [1.29, 1.82) is 0 Å². The standard InChI is InChI=1S/C16H21F2N5/c1-13-11-21(5-7-23-3-2-19-20-23)4-6-22(13)12-14-8-15(17)10-16(18)9-14/h2-3,8-10,13H,4-7,11-12H2,1H3. The van der Waals surface area contributed by atoms with E-state index in [0.29, 0.717) is 18.2 Å². The molecule has 0 radical (unpaired) electrons. The molecule has 1 unspecified atom stereocenters. The Hall–Kier alpha value is -1.86. The van der Waals surface area contributed by atoms with Gasteiger partial charge in [0.2, 0.25) is 0 Å². The molecule has 1 fully saturated rings. The molecule has 1 aliphatic rings. The fraction of sp³-hybridized carbons (Fsp3) is 0.500. The van der Waals surface area contributed by atoms with Gasteiger partial charge in [-0.1, -0.05) is 5.21 Å². The molecule has 124 valence electrons. The van der Waals surface area contributed by atoms with Crippen LogP contribution >= 0.6 is 0 Å². The number of hydrogen-bond acceptors (Lipinski definition) is 4. The fourth-order valence-corrected chi connectivity index (χ4v) is 3.04. The van der Waals surface area contributed by atoms with Gasteiger partial charge in [-0.2, -0.15) is 0 Å². The van der Waals surface area contributed by atoms with Crippen molar-refractivity contribution < 1.29 is 8.78 Å². The molecule has 0 spiro atoms. The zero-order valence-corrected chi connectivity index (χ0v) is 13.2. The molecule has 2 aromatic rings. The predicted molar refractivity (Wildman–Crippen MR) is 82.7 cm³/mol. The highest BCUT2D eigenvalue weighted by Gasteiger charge is 2.23. The maximum Gasteiger partial charge on any atom is 0.126 e. The average molecular weight is 321 g/mol. The predicted octanol–water partition coefficient (Wildman–Crippen LogP) is 1.76. The van der Waals surface area contributed by atoms with Crippen molar-refractivity contribution in [1.82, 2.24) is 24.8 Å². The molecule has 7 heteroatoms. The van der Waals surface area contributed by atoms with Gasteiger partial charge in [0, 0.05) is 51.0 Å². The molecule has 0 bridgehead atoms. The molecule has 1 aliphatic heterocycles. The zero-order chi connectivity index (χ0) is 16.2. The molecule has 1 saturated heterocycles. The molecular formula is C16H21F2N5. The summed E-state index contributed by atoms with van der Waals surface area (Å²) in [5.41, 5.74) is 0.686. The first-order chi connectivity index (χ1) is 11.1. The fourth-order valence-electron chi connectivity index (χ4n) is 3.04. The van der Waals surface area contributed by atoms with Gasteiger partial charge in [0.25, 0.3) is 0 Å². The van der Waals surface area contributed by atoms with E-state index in [0.717, 1.165) is 38.8 Å². The summed E-state index contributed by atoms with van der Waals surface area (Å²) in [7, 11) is 0. The Kier molecular flexibility index (Phi) is 4.97. The van der Waals surface area contributed by atoms with Crippen LogP contribution in [-0.4, -0.2) is 57.0 Å². The van der Waals surface area contributed by atoms with E-state index in [1.165, 1.54) is 12.1 Å². The second-order valence-corrected chi connectivity index (χ2v) is 6.06. The molecule has 5 nitrogen and oxygen atoms in total. The third-order valence-corrected chi connectivity index (χ3v) is 4.27. The van der Waals surface area contributed by atoms with E-state index in [1.807, 2.05) is 10.9 Å². The van der Waals surface area contributed by atoms with Crippen LogP contribution in [0.5, 0.6) is 0 Å². The number of hydrogen-bond donors (Lipinski definition) is 0. The molecule has 1 aromatic carbocycles. The van der Waals surface area contributed by atoms with Crippen LogP contribution in [0.3, 0.4) is 0 Å². The highest BCUT2D eigenvalue weighted by molar-refractivity contribution is 5.18. The zero-order valence-electron chi connectivity index (χ0n) is 13.2. The number of piperazine rings is 1. The minimum Gasteiger partial charge on any atom is -0.299 e. The van der Waals surface area contributed by atoms with Gasteiger partial charge in [-0.05, 0) is 24.6 Å². The van der Waals surface area contributed by atoms with Crippen LogP contribution < -0.4 is 0 Å². The molecule has 0 aliphatic carbocycles. The number of nitrogens with zero attached hydrogens (tertiary/aromatic N) is 5. The summed E-state index contributed by atoms with van der Waals surface area (Å²) in [5, 5.41) is 7.76. The monoisotopic (exact) mass is 321 g/mol. The number of aromatic nitrogens is 3. The van der Waals surface area contributed by atoms with Crippen molar-refractivity contribution >= 4 is 0 Å². The number of rotatable bonds is 5. The molecule has 0 N–H and O–H groups in total. The van der Waals surface area contributed by atoms with Crippen molar-refractivity contribution in [2.75, 3.05) is 26.2 Å². The second kappa shape index (κ2) is 7.14. The smallest absolute Gasteiger partial charge is 0.126 e. The summed E-state index contributed by atoms with van der Waals surface area (Å²) >= 11 is 0. The van der Waals surface area contributed by atoms with Crippen LogP contribution in [-0.2, 0) is 13.1 Å². The lowest BCUT2D eigenvalue weighted by molar-refractivity contribution is 0.0747. The topological polar surface area (TPSA) is 37.2 Å². The maximum absolute atomic E-state index is 13.3. The van der Waals surface area contributed by atoms with E-state index < -0.39 is 11.6 Å². The van der Waals surface area contributed by atoms with Gasteiger partial charge in [0.05, 0.1) is 12.7 Å². The quantitative estimate of drug-likeness (QED) is 0.841. The average Bonchev–Trinajstić information content (AvgIpc) is 3.00. The molecule has 1 aromatic heterocycles. The molecular weight excluding hydrogens is 300 g/mol. The summed E-state index contributed by atoms with van der Waals surface area (Å²) in [4.78, 5) is 4.65. The summed E-state index contributed by atoms with van der Waals surface area (Å²) in [6, 6.07) is 4.07. The van der Waals surface area contributed by atoms with Gasteiger partial charge in [-0.15, -0.1) is 5.10 Å². The van der Waals surface area contributed by atoms with Crippen LogP contribution in [0.1, 0.15) is 12.5 Å². The number of halogens is 2. The van der Waals surface area contributed by atoms with Crippen molar-refractivity contribution in [3.63, 3.8) is 0 Å². The molecule has 0 amide bonds. The van der Waals surface area contributed by atoms with Crippen LogP contribution in [0.25, 0.3) is 0 Å². The lowest BCUT2D eigenvalue weighted by Crippen LogP contribution is -2.51. The first-order valence-corrected chi connectivity index (χ1v) is 7.85. The summed E-state index contributed by atoms with van der Waals surface area (Å²) < 4.78 is 28.4. The van der Waals surface area contributed by atoms with E-state index in [4.69, 9.17) is 0 Å². The van der Waals surface area contributed by atoms with Crippen LogP contribution in [0.2, 0.25) is 0 Å². The Balaban J connectivity index is 1.52. The van der Waals surface area contributed by atoms with Crippen LogP contribution in [0, 0.1) is 11.6 Å². The first-order valence-electron chi connectivity index (χ1n) is 7.85. The number of benzene rings is 1. The van der Waals surface area contributed by atoms with E-state index in [9.17, 15) is 8.78 Å². The molecule has 3 rings (SSSR count). The van der Waals surface area contributed by atoms with Gasteiger partial charge in [0.15, 0.2) is 0 Å². The van der Waals surface area contributed by atoms with E-state index in [2.05, 4.69) is 27.0 Å². The Labute approximate surface area is 134 Å². The lowest BCUT2D eigenvalue weighted by Gasteiger charge is -2.39. The molecule has 0 saturated carbocycles. The van der Waals surface area contributed by atoms with Crippen molar-refractivity contribution in [2.24, 2.45) is 0 Å². The SMILES string of the molecule is CC1CN(CCn2ccnn2)CCN1Cc1cc(F)cc(F)c1. The summed E-state index contributed by atoms with van der Waals surface area (Å²) in [6.07, 6.45) is 3.54. The highest BCUT2D eigenvalue weighted by Crippen LogP contribution is 2.16. The van der Waals surface area contributed by atoms with Gasteiger partial charge < -0.3 is 0 Å². The first kappa shape index (κ1) is 16.0. The van der Waals surface area contributed by atoms with E-state index >= 15 is 0 Å². The lowest BCUT2D eigenvalue weighted by atomic mass is 10.1. The van der Waals surface area contributed by atoms with Crippen LogP contribution in [0.4, 0.5) is 8.78 Å². The minimum atomic E-state index is -0.515. The largest absolute Gasteiger partial charge is 0.299 e. The van der Waals surface area contributed by atoms with E-state index in [-0.39, 0.29) is 0 Å². The molecule has 23 heavy (non-hydrogen) atoms. The maximum atomic E-state index is 13.3. The normalized spacial score (nSPS) is 20.0. The summed E-state index contributed by atoms with van der Waals surface area (Å²) in [5.74, 6) is -1.03. The highest BCUT2D eigenvalue weighted by atomic mass is 19.1. The van der Waals surface area contributed by atoms with E-state index in [1.54, 1.807) is 6.20 Å². The van der Waals surface area contributed by atoms with Crippen molar-refractivity contribution in [2.45, 2.75) is 26.1 Å². The second-order valence-electron chi connectivity index (χ2n) is 6.06. The van der Waals surface area contributed by atoms with Crippen molar-refractivity contribution in [3.05, 3.63) is 47.8 Å². The van der Waals surface area contributed by atoms with Gasteiger partial charge in [0.1, 0.15) is 11.6 Å². The Morgan fingerprint density at radius 1 is 1.13 bits per heavy atom. The van der Waals surface area contributed by atoms with Gasteiger partial charge in [-0.25, -0.2) is 8.78 Å². The van der Waals surface area contributed by atoms with Crippen LogP contribution in [0.15, 0.2) is 30.6 Å².